The number of hydrogen-bond donors (Lipinski definition) is 1. The number of Topliss-reactive ketones (excluding diaryl/α,β-unsaturated/α-hetero) is 1. The second kappa shape index (κ2) is 6.27. The van der Waals surface area contributed by atoms with Crippen molar-refractivity contribution in [1.29, 1.82) is 0 Å². The maximum absolute atomic E-state index is 12.3. The first-order valence-corrected chi connectivity index (χ1v) is 7.00. The lowest BCUT2D eigenvalue weighted by molar-refractivity contribution is 0.0691. The molecule has 2 aromatic carbocycles. The van der Waals surface area contributed by atoms with Crippen molar-refractivity contribution in [3.63, 3.8) is 0 Å². The molecule has 1 heterocycles. The van der Waals surface area contributed by atoms with Crippen molar-refractivity contribution in [2.45, 2.75) is 6.42 Å². The van der Waals surface area contributed by atoms with Crippen LogP contribution in [0, 0.1) is 0 Å². The molecule has 0 fully saturated rings. The lowest BCUT2D eigenvalue weighted by Gasteiger charge is -2.03. The Balaban J connectivity index is 1.82. The fourth-order valence-electron chi connectivity index (χ4n) is 2.28. The van der Waals surface area contributed by atoms with Crippen molar-refractivity contribution in [3.05, 3.63) is 77.9 Å². The van der Waals surface area contributed by atoms with Crippen LogP contribution in [0.3, 0.4) is 0 Å². The highest BCUT2D eigenvalue weighted by Gasteiger charge is 2.18. The third-order valence-corrected chi connectivity index (χ3v) is 3.39. The minimum Gasteiger partial charge on any atom is -0.478 e. The first-order valence-electron chi connectivity index (χ1n) is 7.00. The molecule has 114 valence electrons. The second-order valence-electron chi connectivity index (χ2n) is 4.94. The largest absolute Gasteiger partial charge is 0.478 e. The van der Waals surface area contributed by atoms with Crippen molar-refractivity contribution in [3.8, 4) is 11.3 Å². The van der Waals surface area contributed by atoms with Crippen LogP contribution in [0.5, 0.6) is 0 Å². The van der Waals surface area contributed by atoms with Gasteiger partial charge in [0.15, 0.2) is 5.78 Å². The van der Waals surface area contributed by atoms with Crippen LogP contribution in [-0.2, 0) is 6.42 Å². The average molecular weight is 307 g/mol. The summed E-state index contributed by atoms with van der Waals surface area (Å²) in [5, 5.41) is 9.14. The minimum absolute atomic E-state index is 0.0210. The van der Waals surface area contributed by atoms with E-state index in [4.69, 9.17) is 9.52 Å². The normalized spacial score (nSPS) is 10.4. The van der Waals surface area contributed by atoms with E-state index in [9.17, 15) is 9.59 Å². The Kier molecular flexibility index (Phi) is 4.01. The highest BCUT2D eigenvalue weighted by atomic mass is 16.4. The third-order valence-electron chi connectivity index (χ3n) is 3.39. The Morgan fingerprint density at radius 2 is 1.61 bits per heavy atom. The van der Waals surface area contributed by atoms with Gasteiger partial charge in [0.2, 0.25) is 5.89 Å². The molecular weight excluding hydrogens is 294 g/mol. The predicted molar refractivity (Wildman–Crippen MR) is 83.4 cm³/mol. The average Bonchev–Trinajstić information content (AvgIpc) is 3.04. The van der Waals surface area contributed by atoms with Crippen LogP contribution in [0.2, 0.25) is 0 Å². The molecule has 0 spiro atoms. The van der Waals surface area contributed by atoms with Crippen LogP contribution in [0.1, 0.15) is 26.6 Å². The van der Waals surface area contributed by atoms with E-state index in [1.165, 1.54) is 18.4 Å². The van der Waals surface area contributed by atoms with E-state index in [0.717, 1.165) is 5.56 Å². The van der Waals surface area contributed by atoms with Crippen LogP contribution >= 0.6 is 0 Å². The van der Waals surface area contributed by atoms with Gasteiger partial charge < -0.3 is 9.52 Å². The van der Waals surface area contributed by atoms with Gasteiger partial charge in [-0.15, -0.1) is 0 Å². The van der Waals surface area contributed by atoms with Crippen LogP contribution in [0.25, 0.3) is 11.3 Å². The number of ketones is 1. The van der Waals surface area contributed by atoms with Gasteiger partial charge in [0.25, 0.3) is 0 Å². The van der Waals surface area contributed by atoms with E-state index in [2.05, 4.69) is 4.98 Å². The fraction of sp³-hybridized carbons (Fsp3) is 0.0556. The number of aromatic nitrogens is 1. The molecule has 23 heavy (non-hydrogen) atoms. The minimum atomic E-state index is -1.13. The van der Waals surface area contributed by atoms with Gasteiger partial charge in [0.05, 0.1) is 12.0 Å². The quantitative estimate of drug-likeness (QED) is 0.730. The Morgan fingerprint density at radius 1 is 0.957 bits per heavy atom. The smallest absolute Gasteiger partial charge is 0.336 e. The Hall–Kier alpha value is -3.21. The van der Waals surface area contributed by atoms with Crippen molar-refractivity contribution < 1.29 is 19.1 Å². The third kappa shape index (κ3) is 3.18. The summed E-state index contributed by atoms with van der Waals surface area (Å²) >= 11 is 0. The van der Waals surface area contributed by atoms with Crippen LogP contribution < -0.4 is 0 Å². The number of nitrogens with zero attached hydrogens (tertiary/aromatic N) is 1. The summed E-state index contributed by atoms with van der Waals surface area (Å²) < 4.78 is 5.33. The van der Waals surface area contributed by atoms with Crippen LogP contribution in [0.4, 0.5) is 0 Å². The van der Waals surface area contributed by atoms with Gasteiger partial charge in [-0.3, -0.25) is 4.79 Å². The Labute approximate surface area is 132 Å². The van der Waals surface area contributed by atoms with E-state index >= 15 is 0 Å². The maximum Gasteiger partial charge on any atom is 0.336 e. The zero-order valence-electron chi connectivity index (χ0n) is 12.1. The second-order valence-corrected chi connectivity index (χ2v) is 4.94. The van der Waals surface area contributed by atoms with Gasteiger partial charge in [-0.05, 0) is 6.07 Å². The zero-order chi connectivity index (χ0) is 16.2. The molecule has 0 radical (unpaired) electrons. The van der Waals surface area contributed by atoms with Gasteiger partial charge in [-0.2, -0.15) is 0 Å². The zero-order valence-corrected chi connectivity index (χ0v) is 12.1. The van der Waals surface area contributed by atoms with Gasteiger partial charge in [-0.25, -0.2) is 9.78 Å². The van der Waals surface area contributed by atoms with E-state index < -0.39 is 5.97 Å². The molecule has 5 nitrogen and oxygen atoms in total. The molecule has 0 bridgehead atoms. The highest BCUT2D eigenvalue weighted by Crippen LogP contribution is 2.19. The highest BCUT2D eigenvalue weighted by molar-refractivity contribution is 6.06. The number of carboxylic acid groups (broad SMARTS) is 1. The number of benzene rings is 2. The summed E-state index contributed by atoms with van der Waals surface area (Å²) in [5.74, 6) is -1.22. The van der Waals surface area contributed by atoms with Crippen molar-refractivity contribution >= 4 is 11.8 Å². The van der Waals surface area contributed by atoms with Crippen molar-refractivity contribution in [2.24, 2.45) is 0 Å². The van der Waals surface area contributed by atoms with Gasteiger partial charge in [0, 0.05) is 11.1 Å². The Bertz CT molecular complexity index is 852. The fourth-order valence-corrected chi connectivity index (χ4v) is 2.28. The standard InChI is InChI=1S/C18H13NO4/c20-16(13-8-4-5-9-14(13)18(21)22)10-17-19-15(11-23-17)12-6-2-1-3-7-12/h1-9,11H,10H2,(H,21,22). The number of carboxylic acids is 1. The number of carbonyl (C=O) groups is 2. The SMILES string of the molecule is O=C(O)c1ccccc1C(=O)Cc1nc(-c2ccccc2)co1. The maximum atomic E-state index is 12.3. The molecule has 5 heteroatoms. The van der Waals surface area contributed by atoms with Crippen LogP contribution in [0.15, 0.2) is 65.3 Å². The molecular formula is C18H13NO4. The summed E-state index contributed by atoms with van der Waals surface area (Å²) in [6.07, 6.45) is 1.40. The van der Waals surface area contributed by atoms with E-state index in [0.29, 0.717) is 5.69 Å². The molecule has 0 aliphatic heterocycles. The molecule has 1 N–H and O–H groups in total. The predicted octanol–water partition coefficient (Wildman–Crippen LogP) is 3.47. The van der Waals surface area contributed by atoms with E-state index in [1.807, 2.05) is 30.3 Å². The molecule has 0 amide bonds. The molecule has 0 aliphatic carbocycles. The van der Waals surface area contributed by atoms with E-state index in [-0.39, 0.29) is 29.2 Å². The monoisotopic (exact) mass is 307 g/mol. The molecule has 0 unspecified atom stereocenters. The van der Waals surface area contributed by atoms with E-state index in [1.54, 1.807) is 12.1 Å². The Morgan fingerprint density at radius 3 is 2.30 bits per heavy atom. The number of aromatic carboxylic acids is 1. The first kappa shape index (κ1) is 14.7. The summed E-state index contributed by atoms with van der Waals surface area (Å²) in [4.78, 5) is 27.8. The summed E-state index contributed by atoms with van der Waals surface area (Å²) in [7, 11) is 0. The number of rotatable bonds is 5. The van der Waals surface area contributed by atoms with Gasteiger partial charge in [-0.1, -0.05) is 48.5 Å². The number of carbonyl (C=O) groups excluding carboxylic acids is 1. The topological polar surface area (TPSA) is 80.4 Å². The summed E-state index contributed by atoms with van der Waals surface area (Å²) in [5.41, 5.74) is 1.66. The first-order chi connectivity index (χ1) is 11.1. The lowest BCUT2D eigenvalue weighted by atomic mass is 10.0. The molecule has 1 aromatic heterocycles. The molecule has 3 aromatic rings. The number of hydrogen-bond acceptors (Lipinski definition) is 4. The van der Waals surface area contributed by atoms with Gasteiger partial charge >= 0.3 is 5.97 Å². The molecule has 0 saturated heterocycles. The lowest BCUT2D eigenvalue weighted by Crippen LogP contribution is -2.10. The van der Waals surface area contributed by atoms with Crippen LogP contribution in [-0.4, -0.2) is 21.8 Å². The molecule has 0 atom stereocenters. The molecule has 0 aliphatic rings. The van der Waals surface area contributed by atoms with Crippen molar-refractivity contribution in [1.82, 2.24) is 4.98 Å². The molecule has 0 saturated carbocycles. The number of oxazole rings is 1. The van der Waals surface area contributed by atoms with Gasteiger partial charge in [0.1, 0.15) is 12.0 Å². The molecule has 3 rings (SSSR count). The van der Waals surface area contributed by atoms with Crippen molar-refractivity contribution in [2.75, 3.05) is 0 Å². The summed E-state index contributed by atoms with van der Waals surface area (Å²) in [6, 6.07) is 15.6. The summed E-state index contributed by atoms with van der Waals surface area (Å²) in [6.45, 7) is 0.